The van der Waals surface area contributed by atoms with Gasteiger partial charge in [-0.1, -0.05) is 54.6 Å². The zero-order chi connectivity index (χ0) is 19.1. The fourth-order valence-electron chi connectivity index (χ4n) is 3.57. The second-order valence-corrected chi connectivity index (χ2v) is 6.84. The summed E-state index contributed by atoms with van der Waals surface area (Å²) in [6.45, 7) is 2.48. The smallest absolute Gasteiger partial charge is 0.170 e. The third kappa shape index (κ3) is 3.24. The lowest BCUT2D eigenvalue weighted by Gasteiger charge is -2.12. The number of hydrogen-bond acceptors (Lipinski definition) is 4. The first-order valence-corrected chi connectivity index (χ1v) is 9.24. The summed E-state index contributed by atoms with van der Waals surface area (Å²) in [6.07, 6.45) is 1.98. The fraction of sp³-hybridized carbons (Fsp3) is 0.0870. The van der Waals surface area contributed by atoms with Gasteiger partial charge in [-0.25, -0.2) is 4.98 Å². The maximum absolute atomic E-state index is 5.76. The van der Waals surface area contributed by atoms with E-state index in [9.17, 15) is 0 Å². The van der Waals surface area contributed by atoms with Crippen LogP contribution in [0.1, 0.15) is 11.4 Å². The molecule has 6 heteroatoms. The number of hydrogen-bond donors (Lipinski definition) is 1. The second-order valence-electron chi connectivity index (χ2n) is 6.84. The fourth-order valence-corrected chi connectivity index (χ4v) is 3.57. The van der Waals surface area contributed by atoms with E-state index in [1.807, 2.05) is 41.8 Å². The molecule has 5 nitrogen and oxygen atoms in total. The highest BCUT2D eigenvalue weighted by molar-refractivity contribution is 5.98. The Bertz CT molecular complexity index is 1290. The van der Waals surface area contributed by atoms with Gasteiger partial charge in [-0.3, -0.25) is 4.40 Å². The molecular formula is C23H20ClN5. The van der Waals surface area contributed by atoms with Crippen molar-refractivity contribution in [1.82, 2.24) is 19.6 Å². The van der Waals surface area contributed by atoms with Gasteiger partial charge in [-0.05, 0) is 30.2 Å². The van der Waals surface area contributed by atoms with E-state index in [4.69, 9.17) is 10.7 Å². The molecule has 0 saturated heterocycles. The molecular weight excluding hydrogens is 382 g/mol. The summed E-state index contributed by atoms with van der Waals surface area (Å²) in [5, 5.41) is 9.58. The van der Waals surface area contributed by atoms with Gasteiger partial charge in [0.1, 0.15) is 5.82 Å². The Morgan fingerprint density at radius 1 is 0.897 bits per heavy atom. The Morgan fingerprint density at radius 2 is 1.66 bits per heavy atom. The molecule has 0 unspecified atom stereocenters. The average molecular weight is 402 g/mol. The number of aryl methyl sites for hydroxylation is 1. The lowest BCUT2D eigenvalue weighted by Crippen LogP contribution is -1.97. The molecule has 0 radical (unpaired) electrons. The Labute approximate surface area is 174 Å². The van der Waals surface area contributed by atoms with Gasteiger partial charge in [-0.2, -0.15) is 0 Å². The number of rotatable bonds is 3. The van der Waals surface area contributed by atoms with Crippen molar-refractivity contribution < 1.29 is 0 Å². The maximum Gasteiger partial charge on any atom is 0.170 e. The molecule has 2 aromatic carbocycles. The molecule has 0 saturated carbocycles. The highest BCUT2D eigenvalue weighted by Gasteiger charge is 2.14. The van der Waals surface area contributed by atoms with Crippen molar-refractivity contribution in [3.63, 3.8) is 0 Å². The van der Waals surface area contributed by atoms with Crippen LogP contribution < -0.4 is 5.73 Å². The summed E-state index contributed by atoms with van der Waals surface area (Å²) in [5.74, 6) is 0.861. The molecule has 0 spiro atoms. The van der Waals surface area contributed by atoms with Crippen LogP contribution in [0.15, 0.2) is 72.9 Å². The molecule has 5 aromatic rings. The van der Waals surface area contributed by atoms with Crippen LogP contribution in [0.5, 0.6) is 0 Å². The minimum atomic E-state index is 0. The number of nitrogens with two attached hydrogens (primary N) is 1. The van der Waals surface area contributed by atoms with Crippen LogP contribution in [0, 0.1) is 6.92 Å². The lowest BCUT2D eigenvalue weighted by atomic mass is 9.97. The highest BCUT2D eigenvalue weighted by atomic mass is 35.5. The van der Waals surface area contributed by atoms with Gasteiger partial charge < -0.3 is 5.73 Å². The van der Waals surface area contributed by atoms with E-state index in [1.165, 1.54) is 0 Å². The first-order valence-electron chi connectivity index (χ1n) is 9.24. The van der Waals surface area contributed by atoms with Gasteiger partial charge in [0.2, 0.25) is 0 Å². The van der Waals surface area contributed by atoms with E-state index in [0.29, 0.717) is 6.54 Å². The van der Waals surface area contributed by atoms with Crippen LogP contribution in [0.4, 0.5) is 0 Å². The maximum atomic E-state index is 5.76. The Morgan fingerprint density at radius 3 is 2.38 bits per heavy atom. The van der Waals surface area contributed by atoms with E-state index in [-0.39, 0.29) is 12.4 Å². The zero-order valence-electron chi connectivity index (χ0n) is 15.9. The summed E-state index contributed by atoms with van der Waals surface area (Å²) < 4.78 is 1.99. The molecule has 0 atom stereocenters. The van der Waals surface area contributed by atoms with E-state index >= 15 is 0 Å². The third-order valence-corrected chi connectivity index (χ3v) is 5.09. The minimum Gasteiger partial charge on any atom is -0.326 e. The topological polar surface area (TPSA) is 69.1 Å². The first kappa shape index (κ1) is 19.1. The molecule has 0 amide bonds. The second kappa shape index (κ2) is 7.62. The van der Waals surface area contributed by atoms with Crippen molar-refractivity contribution in [2.75, 3.05) is 0 Å². The van der Waals surface area contributed by atoms with E-state index < -0.39 is 0 Å². The van der Waals surface area contributed by atoms with E-state index in [0.717, 1.165) is 50.3 Å². The third-order valence-electron chi connectivity index (χ3n) is 5.09. The standard InChI is InChI=1S/C23H19N5.ClH/c1-15-26-27-23-20-13-19(17-5-3-2-4-6-17)22(25-21(20)11-12-28(15)23)18-9-7-16(14-24)8-10-18;/h2-13H,14,24H2,1H3;1H. The number of aromatic nitrogens is 4. The van der Waals surface area contributed by atoms with Crippen molar-refractivity contribution >= 4 is 29.0 Å². The minimum absolute atomic E-state index is 0. The van der Waals surface area contributed by atoms with Crippen LogP contribution in [-0.2, 0) is 6.54 Å². The van der Waals surface area contributed by atoms with Gasteiger partial charge in [-0.15, -0.1) is 22.6 Å². The monoisotopic (exact) mass is 401 g/mol. The Balaban J connectivity index is 0.00000205. The van der Waals surface area contributed by atoms with Crippen molar-refractivity contribution in [3.8, 4) is 22.4 Å². The summed E-state index contributed by atoms with van der Waals surface area (Å²) in [7, 11) is 0. The predicted molar refractivity (Wildman–Crippen MR) is 119 cm³/mol. The van der Waals surface area contributed by atoms with Crippen LogP contribution in [-0.4, -0.2) is 19.6 Å². The largest absolute Gasteiger partial charge is 0.326 e. The van der Waals surface area contributed by atoms with Crippen molar-refractivity contribution in [3.05, 3.63) is 84.3 Å². The molecule has 0 aliphatic heterocycles. The van der Waals surface area contributed by atoms with Crippen molar-refractivity contribution in [1.29, 1.82) is 0 Å². The SMILES string of the molecule is Cc1nnc2c3cc(-c4ccccc4)c(-c4ccc(CN)cc4)nc3ccn12.Cl. The number of benzene rings is 2. The number of nitrogens with zero attached hydrogens (tertiary/aromatic N) is 4. The number of pyridine rings is 2. The van der Waals surface area contributed by atoms with E-state index in [1.54, 1.807) is 0 Å². The van der Waals surface area contributed by atoms with Gasteiger partial charge >= 0.3 is 0 Å². The van der Waals surface area contributed by atoms with Crippen LogP contribution in [0.25, 0.3) is 38.9 Å². The van der Waals surface area contributed by atoms with E-state index in [2.05, 4.69) is 52.7 Å². The van der Waals surface area contributed by atoms with Crippen molar-refractivity contribution in [2.24, 2.45) is 5.73 Å². The van der Waals surface area contributed by atoms with Crippen LogP contribution in [0.3, 0.4) is 0 Å². The Kier molecular flexibility index (Phi) is 5.01. The molecule has 3 heterocycles. The molecule has 0 fully saturated rings. The molecule has 0 aliphatic carbocycles. The summed E-state index contributed by atoms with van der Waals surface area (Å²) in [4.78, 5) is 5.02. The van der Waals surface area contributed by atoms with Crippen molar-refractivity contribution in [2.45, 2.75) is 13.5 Å². The summed E-state index contributed by atoms with van der Waals surface area (Å²) in [5.41, 5.74) is 12.8. The highest BCUT2D eigenvalue weighted by Crippen LogP contribution is 2.34. The van der Waals surface area contributed by atoms with Crippen LogP contribution >= 0.6 is 12.4 Å². The molecule has 29 heavy (non-hydrogen) atoms. The zero-order valence-corrected chi connectivity index (χ0v) is 16.7. The van der Waals surface area contributed by atoms with Gasteiger partial charge in [0.25, 0.3) is 0 Å². The summed E-state index contributed by atoms with van der Waals surface area (Å²) >= 11 is 0. The predicted octanol–water partition coefficient (Wildman–Crippen LogP) is 4.80. The lowest BCUT2D eigenvalue weighted by molar-refractivity contribution is 1.01. The summed E-state index contributed by atoms with van der Waals surface area (Å²) in [6, 6.07) is 22.8. The Hall–Kier alpha value is -3.28. The van der Waals surface area contributed by atoms with Gasteiger partial charge in [0, 0.05) is 29.3 Å². The quantitative estimate of drug-likeness (QED) is 0.471. The first-order chi connectivity index (χ1) is 13.7. The number of halogens is 1. The van der Waals surface area contributed by atoms with Crippen LogP contribution in [0.2, 0.25) is 0 Å². The molecule has 5 rings (SSSR count). The molecule has 0 bridgehead atoms. The van der Waals surface area contributed by atoms with Gasteiger partial charge in [0.15, 0.2) is 5.65 Å². The molecule has 2 N–H and O–H groups in total. The average Bonchev–Trinajstić information content (AvgIpc) is 3.14. The molecule has 3 aromatic heterocycles. The normalized spacial score (nSPS) is 11.0. The molecule has 0 aliphatic rings. The molecule has 144 valence electrons. The number of fused-ring (bicyclic) bond motifs is 3. The van der Waals surface area contributed by atoms with Gasteiger partial charge in [0.05, 0.1) is 11.2 Å².